The summed E-state index contributed by atoms with van der Waals surface area (Å²) in [5.74, 6) is -0.195. The number of hydrogen-bond donors (Lipinski definition) is 2. The zero-order chi connectivity index (χ0) is 17.0. The first-order valence-electron chi connectivity index (χ1n) is 7.49. The molecule has 124 valence electrons. The number of para-hydroxylation sites is 1. The summed E-state index contributed by atoms with van der Waals surface area (Å²) in [5, 5.41) is 11.7. The molecule has 7 heteroatoms. The van der Waals surface area contributed by atoms with Crippen LogP contribution in [0.5, 0.6) is 0 Å². The van der Waals surface area contributed by atoms with Gasteiger partial charge in [-0.1, -0.05) is 30.0 Å². The van der Waals surface area contributed by atoms with Gasteiger partial charge in [-0.25, -0.2) is 4.98 Å². The Morgan fingerprint density at radius 3 is 2.79 bits per heavy atom. The van der Waals surface area contributed by atoms with E-state index in [0.717, 1.165) is 14.6 Å². The quantitative estimate of drug-likeness (QED) is 0.662. The van der Waals surface area contributed by atoms with Crippen LogP contribution in [0.2, 0.25) is 0 Å². The van der Waals surface area contributed by atoms with E-state index in [0.29, 0.717) is 5.69 Å². The van der Waals surface area contributed by atoms with E-state index in [1.165, 1.54) is 11.8 Å². The van der Waals surface area contributed by atoms with E-state index >= 15 is 0 Å². The number of nitrogens with zero attached hydrogens (tertiary/aromatic N) is 2. The molecule has 24 heavy (non-hydrogen) atoms. The van der Waals surface area contributed by atoms with Gasteiger partial charge in [-0.15, -0.1) is 11.3 Å². The Morgan fingerprint density at radius 1 is 1.29 bits per heavy atom. The molecule has 0 aliphatic rings. The summed E-state index contributed by atoms with van der Waals surface area (Å²) in [6, 6.07) is 13.4. The lowest BCUT2D eigenvalue weighted by atomic mass is 10.1. The van der Waals surface area contributed by atoms with Crippen molar-refractivity contribution in [1.29, 1.82) is 0 Å². The lowest BCUT2D eigenvalue weighted by Gasteiger charge is -2.26. The number of pyridine rings is 1. The van der Waals surface area contributed by atoms with Gasteiger partial charge in [0.15, 0.2) is 4.34 Å². The maximum absolute atomic E-state index is 12.7. The lowest BCUT2D eigenvalue weighted by Crippen LogP contribution is -2.41. The van der Waals surface area contributed by atoms with E-state index in [4.69, 9.17) is 5.11 Å². The maximum Gasteiger partial charge on any atom is 0.242 e. The molecule has 0 aliphatic carbocycles. The first-order valence-corrected chi connectivity index (χ1v) is 9.12. The number of thioether (sulfide) groups is 1. The van der Waals surface area contributed by atoms with Crippen LogP contribution in [0, 0.1) is 0 Å². The second kappa shape index (κ2) is 7.29. The van der Waals surface area contributed by atoms with Gasteiger partial charge in [-0.2, -0.15) is 0 Å². The van der Waals surface area contributed by atoms with Gasteiger partial charge in [0.2, 0.25) is 5.91 Å². The van der Waals surface area contributed by atoms with Gasteiger partial charge in [0.05, 0.1) is 22.5 Å². The molecule has 3 aromatic rings. The second-order valence-corrected chi connectivity index (χ2v) is 7.97. The zero-order valence-corrected chi connectivity index (χ0v) is 14.7. The number of carbonyl (C=O) groups is 1. The van der Waals surface area contributed by atoms with E-state index in [-0.39, 0.29) is 19.1 Å². The molecule has 2 N–H and O–H groups in total. The highest BCUT2D eigenvalue weighted by Crippen LogP contribution is 2.43. The van der Waals surface area contributed by atoms with Crippen LogP contribution in [0.4, 0.5) is 0 Å². The van der Waals surface area contributed by atoms with Gasteiger partial charge in [-0.05, 0) is 31.2 Å². The van der Waals surface area contributed by atoms with E-state index in [9.17, 15) is 4.79 Å². The van der Waals surface area contributed by atoms with Crippen LogP contribution in [-0.4, -0.2) is 34.1 Å². The number of fused-ring (bicyclic) bond motifs is 1. The minimum Gasteiger partial charge on any atom is -0.395 e. The van der Waals surface area contributed by atoms with Crippen molar-refractivity contribution in [3.05, 3.63) is 54.4 Å². The Bertz CT molecular complexity index is 805. The van der Waals surface area contributed by atoms with E-state index in [1.807, 2.05) is 49.4 Å². The Balaban J connectivity index is 1.96. The molecule has 0 saturated carbocycles. The molecule has 1 unspecified atom stereocenters. The predicted octanol–water partition coefficient (Wildman–Crippen LogP) is 2.81. The Kier molecular flexibility index (Phi) is 5.13. The molecule has 0 bridgehead atoms. The molecule has 0 fully saturated rings. The minimum absolute atomic E-state index is 0.101. The second-order valence-electron chi connectivity index (χ2n) is 5.28. The van der Waals surface area contributed by atoms with Crippen LogP contribution in [0.25, 0.3) is 10.2 Å². The first-order chi connectivity index (χ1) is 11.6. The van der Waals surface area contributed by atoms with Gasteiger partial charge in [0.25, 0.3) is 0 Å². The monoisotopic (exact) mass is 359 g/mol. The van der Waals surface area contributed by atoms with Crippen molar-refractivity contribution < 1.29 is 9.90 Å². The summed E-state index contributed by atoms with van der Waals surface area (Å²) in [6.45, 7) is 1.94. The molecule has 1 amide bonds. The summed E-state index contributed by atoms with van der Waals surface area (Å²) in [7, 11) is 0. The van der Waals surface area contributed by atoms with Gasteiger partial charge < -0.3 is 10.4 Å². The standard InChI is InChI=1S/C17H17N3O2S2/c1-17(15(22)19-10-11-21,14-8-4-5-9-18-14)24-16-20-12-6-2-3-7-13(12)23-16/h2-9,21H,10-11H2,1H3,(H,19,22). The third-order valence-electron chi connectivity index (χ3n) is 3.55. The Morgan fingerprint density at radius 2 is 2.08 bits per heavy atom. The van der Waals surface area contributed by atoms with Crippen LogP contribution in [0.15, 0.2) is 53.0 Å². The zero-order valence-electron chi connectivity index (χ0n) is 13.1. The summed E-state index contributed by atoms with van der Waals surface area (Å²) >= 11 is 2.93. The summed E-state index contributed by atoms with van der Waals surface area (Å²) < 4.78 is 0.965. The molecule has 0 spiro atoms. The predicted molar refractivity (Wildman–Crippen MR) is 97.2 cm³/mol. The summed E-state index contributed by atoms with van der Waals surface area (Å²) in [5.41, 5.74) is 1.58. The molecule has 2 heterocycles. The largest absolute Gasteiger partial charge is 0.395 e. The third-order valence-corrected chi connectivity index (χ3v) is 5.95. The Hall–Kier alpha value is -1.96. The molecule has 0 saturated heterocycles. The van der Waals surface area contributed by atoms with Gasteiger partial charge in [-0.3, -0.25) is 9.78 Å². The van der Waals surface area contributed by atoms with Crippen LogP contribution in [-0.2, 0) is 9.54 Å². The number of aliphatic hydroxyl groups is 1. The number of hydrogen-bond acceptors (Lipinski definition) is 6. The lowest BCUT2D eigenvalue weighted by molar-refractivity contribution is -0.123. The average Bonchev–Trinajstić information content (AvgIpc) is 3.02. The fraction of sp³-hybridized carbons (Fsp3) is 0.235. The number of benzene rings is 1. The fourth-order valence-electron chi connectivity index (χ4n) is 2.27. The van der Waals surface area contributed by atoms with Crippen molar-refractivity contribution >= 4 is 39.2 Å². The number of nitrogens with one attached hydrogen (secondary N) is 1. The smallest absolute Gasteiger partial charge is 0.242 e. The summed E-state index contributed by atoms with van der Waals surface area (Å²) in [6.07, 6.45) is 1.67. The number of amides is 1. The van der Waals surface area contributed by atoms with Crippen LogP contribution >= 0.6 is 23.1 Å². The summed E-state index contributed by atoms with van der Waals surface area (Å²) in [4.78, 5) is 21.7. The highest BCUT2D eigenvalue weighted by Gasteiger charge is 2.38. The van der Waals surface area contributed by atoms with E-state index in [2.05, 4.69) is 15.3 Å². The molecular formula is C17H17N3O2S2. The van der Waals surface area contributed by atoms with Crippen molar-refractivity contribution in [3.63, 3.8) is 0 Å². The molecule has 1 aromatic carbocycles. The van der Waals surface area contributed by atoms with E-state index in [1.54, 1.807) is 17.5 Å². The van der Waals surface area contributed by atoms with Gasteiger partial charge >= 0.3 is 0 Å². The van der Waals surface area contributed by atoms with Crippen LogP contribution in [0.3, 0.4) is 0 Å². The highest BCUT2D eigenvalue weighted by molar-refractivity contribution is 8.02. The molecule has 5 nitrogen and oxygen atoms in total. The number of aliphatic hydroxyl groups excluding tert-OH is 1. The molecule has 3 rings (SSSR count). The average molecular weight is 359 g/mol. The van der Waals surface area contributed by atoms with Gasteiger partial charge in [0.1, 0.15) is 4.75 Å². The number of carbonyl (C=O) groups excluding carboxylic acids is 1. The van der Waals surface area contributed by atoms with Crippen molar-refractivity contribution in [1.82, 2.24) is 15.3 Å². The Labute approximate surface area is 148 Å². The SMILES string of the molecule is CC(Sc1nc2ccccc2s1)(C(=O)NCCO)c1ccccn1. The molecule has 2 aromatic heterocycles. The first kappa shape index (κ1) is 16.9. The molecule has 0 radical (unpaired) electrons. The van der Waals surface area contributed by atoms with Crippen molar-refractivity contribution in [2.75, 3.05) is 13.2 Å². The number of aromatic nitrogens is 2. The molecule has 0 aliphatic heterocycles. The van der Waals surface area contributed by atoms with Crippen LogP contribution < -0.4 is 5.32 Å². The van der Waals surface area contributed by atoms with Gasteiger partial charge in [0, 0.05) is 12.7 Å². The van der Waals surface area contributed by atoms with E-state index < -0.39 is 4.75 Å². The molecule has 1 atom stereocenters. The highest BCUT2D eigenvalue weighted by atomic mass is 32.2. The third kappa shape index (κ3) is 3.43. The van der Waals surface area contributed by atoms with Crippen molar-refractivity contribution in [3.8, 4) is 0 Å². The maximum atomic E-state index is 12.7. The van der Waals surface area contributed by atoms with Crippen LogP contribution in [0.1, 0.15) is 12.6 Å². The normalized spacial score (nSPS) is 13.6. The topological polar surface area (TPSA) is 75.1 Å². The molecular weight excluding hydrogens is 342 g/mol. The fourth-order valence-corrected chi connectivity index (χ4v) is 4.78. The number of thiazole rings is 1. The van der Waals surface area contributed by atoms with Crippen molar-refractivity contribution in [2.45, 2.75) is 16.0 Å². The minimum atomic E-state index is -0.926. The van der Waals surface area contributed by atoms with Crippen molar-refractivity contribution in [2.24, 2.45) is 0 Å². The number of rotatable bonds is 6.